The lowest BCUT2D eigenvalue weighted by Gasteiger charge is -2.38. The van der Waals surface area contributed by atoms with Crippen LogP contribution in [0.4, 0.5) is 0 Å². The highest BCUT2D eigenvalue weighted by Gasteiger charge is 2.42. The van der Waals surface area contributed by atoms with Gasteiger partial charge < -0.3 is 35.0 Å². The van der Waals surface area contributed by atoms with Crippen LogP contribution in [0.2, 0.25) is 0 Å². The van der Waals surface area contributed by atoms with Crippen molar-refractivity contribution in [3.05, 3.63) is 0 Å². The molecule has 0 aliphatic carbocycles. The first-order valence-electron chi connectivity index (χ1n) is 4.64. The second-order valence-electron chi connectivity index (χ2n) is 3.34. The van der Waals surface area contributed by atoms with E-state index in [1.165, 1.54) is 0 Å². The summed E-state index contributed by atoms with van der Waals surface area (Å²) in [7, 11) is 0. The van der Waals surface area contributed by atoms with Gasteiger partial charge in [0.05, 0.1) is 19.8 Å². The summed E-state index contributed by atoms with van der Waals surface area (Å²) < 4.78 is 9.70. The van der Waals surface area contributed by atoms with Gasteiger partial charge in [0.25, 0.3) is 0 Å². The van der Waals surface area contributed by atoms with E-state index in [1.807, 2.05) is 0 Å². The maximum Gasteiger partial charge on any atom is 0.184 e. The zero-order valence-corrected chi connectivity index (χ0v) is 8.06. The molecule has 15 heavy (non-hydrogen) atoms. The van der Waals surface area contributed by atoms with Crippen molar-refractivity contribution in [1.82, 2.24) is 0 Å². The lowest BCUT2D eigenvalue weighted by Crippen LogP contribution is -2.58. The lowest BCUT2D eigenvalue weighted by atomic mass is 9.99. The van der Waals surface area contributed by atoms with Gasteiger partial charge in [0.15, 0.2) is 6.29 Å². The van der Waals surface area contributed by atoms with Crippen LogP contribution in [0.3, 0.4) is 0 Å². The molecule has 0 aromatic carbocycles. The monoisotopic (exact) mass is 224 g/mol. The third-order valence-corrected chi connectivity index (χ3v) is 2.20. The van der Waals surface area contributed by atoms with Crippen LogP contribution in [0, 0.1) is 0 Å². The van der Waals surface area contributed by atoms with Gasteiger partial charge in [0, 0.05) is 0 Å². The maximum absolute atomic E-state index is 9.44. The van der Waals surface area contributed by atoms with E-state index >= 15 is 0 Å². The van der Waals surface area contributed by atoms with Crippen LogP contribution in [-0.4, -0.2) is 76.1 Å². The molecule has 0 aromatic heterocycles. The van der Waals surface area contributed by atoms with Gasteiger partial charge in [-0.15, -0.1) is 0 Å². The summed E-state index contributed by atoms with van der Waals surface area (Å²) in [6, 6.07) is 0. The molecule has 7 heteroatoms. The predicted molar refractivity (Wildman–Crippen MR) is 46.8 cm³/mol. The van der Waals surface area contributed by atoms with E-state index in [2.05, 4.69) is 0 Å². The fraction of sp³-hybridized carbons (Fsp3) is 1.00. The average Bonchev–Trinajstić information content (AvgIpc) is 2.23. The average molecular weight is 224 g/mol. The molecule has 1 fully saturated rings. The van der Waals surface area contributed by atoms with Crippen LogP contribution in [0.15, 0.2) is 0 Å². The molecule has 1 saturated heterocycles. The zero-order valence-electron chi connectivity index (χ0n) is 8.06. The molecule has 7 nitrogen and oxygen atoms in total. The van der Waals surface area contributed by atoms with E-state index < -0.39 is 30.7 Å². The molecule has 0 aromatic rings. The van der Waals surface area contributed by atoms with Crippen LogP contribution in [0.25, 0.3) is 0 Å². The van der Waals surface area contributed by atoms with Crippen molar-refractivity contribution in [3.63, 3.8) is 0 Å². The topological polar surface area (TPSA) is 120 Å². The highest BCUT2D eigenvalue weighted by atomic mass is 16.6. The SMILES string of the molecule is OCCOC[C@H]1O[C@@H](O)[C@H](O)[C@@H](O)[C@H]1O. The Morgan fingerprint density at radius 3 is 2.27 bits per heavy atom. The van der Waals surface area contributed by atoms with Gasteiger partial charge in [-0.3, -0.25) is 0 Å². The van der Waals surface area contributed by atoms with Gasteiger partial charge in [-0.25, -0.2) is 0 Å². The number of rotatable bonds is 4. The molecule has 0 bridgehead atoms. The molecule has 5 N–H and O–H groups in total. The third kappa shape index (κ3) is 3.08. The quantitative estimate of drug-likeness (QED) is 0.319. The molecule has 0 amide bonds. The fourth-order valence-corrected chi connectivity index (χ4v) is 1.33. The summed E-state index contributed by atoms with van der Waals surface area (Å²) in [5.41, 5.74) is 0. The first-order chi connectivity index (χ1) is 7.07. The van der Waals surface area contributed by atoms with E-state index in [0.29, 0.717) is 0 Å². The molecule has 0 spiro atoms. The fourth-order valence-electron chi connectivity index (χ4n) is 1.33. The Morgan fingerprint density at radius 2 is 1.67 bits per heavy atom. The molecule has 1 aliphatic heterocycles. The molecule has 0 radical (unpaired) electrons. The van der Waals surface area contributed by atoms with Gasteiger partial charge >= 0.3 is 0 Å². The van der Waals surface area contributed by atoms with Crippen molar-refractivity contribution >= 4 is 0 Å². The summed E-state index contributed by atoms with van der Waals surface area (Å²) in [6.07, 6.45) is -6.82. The summed E-state index contributed by atoms with van der Waals surface area (Å²) in [5.74, 6) is 0. The molecule has 1 heterocycles. The number of aliphatic hydroxyl groups excluding tert-OH is 5. The van der Waals surface area contributed by atoms with E-state index in [0.717, 1.165) is 0 Å². The second kappa shape index (κ2) is 5.71. The van der Waals surface area contributed by atoms with Gasteiger partial charge in [0.1, 0.15) is 24.4 Å². The number of hydrogen-bond donors (Lipinski definition) is 5. The Bertz CT molecular complexity index is 188. The predicted octanol–water partition coefficient (Wildman–Crippen LogP) is -3.20. The Morgan fingerprint density at radius 1 is 1.00 bits per heavy atom. The van der Waals surface area contributed by atoms with Crippen molar-refractivity contribution in [2.24, 2.45) is 0 Å². The minimum absolute atomic E-state index is 0.0708. The molecular weight excluding hydrogens is 208 g/mol. The molecule has 5 atom stereocenters. The number of hydrogen-bond acceptors (Lipinski definition) is 7. The first-order valence-corrected chi connectivity index (χ1v) is 4.64. The van der Waals surface area contributed by atoms with E-state index in [1.54, 1.807) is 0 Å². The maximum atomic E-state index is 9.44. The summed E-state index contributed by atoms with van der Waals surface area (Å²) in [6.45, 7) is -0.180. The van der Waals surface area contributed by atoms with Crippen LogP contribution in [0.5, 0.6) is 0 Å². The highest BCUT2D eigenvalue weighted by Crippen LogP contribution is 2.19. The summed E-state index contributed by atoms with van der Waals surface area (Å²) in [5, 5.41) is 45.5. The molecular formula is C8H16O7. The van der Waals surface area contributed by atoms with Gasteiger partial charge in [-0.05, 0) is 0 Å². The number of aliphatic hydroxyl groups is 5. The van der Waals surface area contributed by atoms with Crippen LogP contribution in [0.1, 0.15) is 0 Å². The normalized spacial score (nSPS) is 41.8. The van der Waals surface area contributed by atoms with Crippen LogP contribution < -0.4 is 0 Å². The highest BCUT2D eigenvalue weighted by molar-refractivity contribution is 4.88. The smallest absolute Gasteiger partial charge is 0.184 e. The number of ether oxygens (including phenoxy) is 2. The molecule has 0 unspecified atom stereocenters. The summed E-state index contributed by atoms with van der Waals surface area (Å²) in [4.78, 5) is 0. The van der Waals surface area contributed by atoms with Gasteiger partial charge in [-0.2, -0.15) is 0 Å². The zero-order chi connectivity index (χ0) is 11.4. The van der Waals surface area contributed by atoms with Crippen LogP contribution in [-0.2, 0) is 9.47 Å². The standard InChI is InChI=1S/C8H16O7/c9-1-2-14-3-4-5(10)6(11)7(12)8(13)15-4/h4-13H,1-3H2/t4-,5+,6+,7-,8-/m1/s1. The Labute approximate surface area is 86.5 Å². The molecule has 90 valence electrons. The van der Waals surface area contributed by atoms with Crippen LogP contribution >= 0.6 is 0 Å². The van der Waals surface area contributed by atoms with Crippen molar-refractivity contribution in [2.75, 3.05) is 19.8 Å². The molecule has 1 rings (SSSR count). The van der Waals surface area contributed by atoms with Crippen molar-refractivity contribution in [3.8, 4) is 0 Å². The first kappa shape index (κ1) is 12.8. The Kier molecular flexibility index (Phi) is 4.87. The Hall–Kier alpha value is -0.280. The third-order valence-electron chi connectivity index (χ3n) is 2.20. The van der Waals surface area contributed by atoms with Crippen molar-refractivity contribution in [2.45, 2.75) is 30.7 Å². The Balaban J connectivity index is 2.43. The minimum Gasteiger partial charge on any atom is -0.394 e. The van der Waals surface area contributed by atoms with Gasteiger partial charge in [-0.1, -0.05) is 0 Å². The van der Waals surface area contributed by atoms with Crippen molar-refractivity contribution < 1.29 is 35.0 Å². The van der Waals surface area contributed by atoms with E-state index in [9.17, 15) is 10.2 Å². The minimum atomic E-state index is -1.55. The molecule has 0 saturated carbocycles. The van der Waals surface area contributed by atoms with E-state index in [-0.39, 0.29) is 19.8 Å². The largest absolute Gasteiger partial charge is 0.394 e. The summed E-state index contributed by atoms with van der Waals surface area (Å²) >= 11 is 0. The van der Waals surface area contributed by atoms with E-state index in [4.69, 9.17) is 24.8 Å². The second-order valence-corrected chi connectivity index (χ2v) is 3.34. The van der Waals surface area contributed by atoms with Crippen molar-refractivity contribution in [1.29, 1.82) is 0 Å². The van der Waals surface area contributed by atoms with Gasteiger partial charge in [0.2, 0.25) is 0 Å². The lowest BCUT2D eigenvalue weighted by molar-refractivity contribution is -0.288. The molecule has 1 aliphatic rings.